The number of hydrogen-bond acceptors (Lipinski definition) is 4. The maximum Gasteiger partial charge on any atom is 0.262 e. The number of nitrogen functional groups attached to an aromatic ring is 1. The van der Waals surface area contributed by atoms with Crippen molar-refractivity contribution >= 4 is 23.0 Å². The molecule has 0 bridgehead atoms. The second-order valence-corrected chi connectivity index (χ2v) is 5.20. The highest BCUT2D eigenvalue weighted by Crippen LogP contribution is 2.35. The Morgan fingerprint density at radius 3 is 3.10 bits per heavy atom. The monoisotopic (exact) mass is 273 g/mol. The van der Waals surface area contributed by atoms with E-state index in [1.807, 2.05) is 6.07 Å². The minimum absolute atomic E-state index is 0.0490. The molecule has 1 aliphatic heterocycles. The SMILES string of the molecule is Nc1cc2c(cc1NCCC1=CCCC1)NC(=O)CO2. The van der Waals surface area contributed by atoms with Gasteiger partial charge in [-0.1, -0.05) is 11.6 Å². The number of benzene rings is 1. The predicted octanol–water partition coefficient (Wildman–Crippen LogP) is 2.51. The largest absolute Gasteiger partial charge is 0.482 e. The standard InChI is InChI=1S/C15H19N3O2/c16-11-7-14-13(18-15(19)9-20-14)8-12(11)17-6-5-10-3-1-2-4-10/h3,7-8,17H,1-2,4-6,9,16H2,(H,18,19). The van der Waals surface area contributed by atoms with Crippen LogP contribution in [0.1, 0.15) is 25.7 Å². The fourth-order valence-corrected chi connectivity index (χ4v) is 2.62. The van der Waals surface area contributed by atoms with Crippen molar-refractivity contribution < 1.29 is 9.53 Å². The van der Waals surface area contributed by atoms with Crippen LogP contribution in [-0.2, 0) is 4.79 Å². The number of hydrogen-bond donors (Lipinski definition) is 3. The molecule has 5 nitrogen and oxygen atoms in total. The van der Waals surface area contributed by atoms with E-state index in [4.69, 9.17) is 10.5 Å². The molecule has 1 heterocycles. The molecule has 0 fully saturated rings. The summed E-state index contributed by atoms with van der Waals surface area (Å²) in [7, 11) is 0. The third-order valence-electron chi connectivity index (χ3n) is 3.68. The third-order valence-corrected chi connectivity index (χ3v) is 3.68. The Morgan fingerprint density at radius 1 is 1.40 bits per heavy atom. The van der Waals surface area contributed by atoms with Crippen molar-refractivity contribution in [2.45, 2.75) is 25.7 Å². The number of carbonyl (C=O) groups is 1. The summed E-state index contributed by atoms with van der Waals surface area (Å²) >= 11 is 0. The summed E-state index contributed by atoms with van der Waals surface area (Å²) in [4.78, 5) is 11.3. The molecule has 1 aromatic carbocycles. The topological polar surface area (TPSA) is 76.4 Å². The molecule has 2 aliphatic rings. The highest BCUT2D eigenvalue weighted by molar-refractivity contribution is 5.97. The van der Waals surface area contributed by atoms with E-state index >= 15 is 0 Å². The van der Waals surface area contributed by atoms with Crippen molar-refractivity contribution in [2.24, 2.45) is 0 Å². The van der Waals surface area contributed by atoms with Crippen LogP contribution in [0.15, 0.2) is 23.8 Å². The van der Waals surface area contributed by atoms with Crippen LogP contribution in [0.2, 0.25) is 0 Å². The van der Waals surface area contributed by atoms with E-state index in [-0.39, 0.29) is 12.5 Å². The molecule has 4 N–H and O–H groups in total. The van der Waals surface area contributed by atoms with Gasteiger partial charge in [0, 0.05) is 12.6 Å². The molecule has 1 aromatic rings. The van der Waals surface area contributed by atoms with Gasteiger partial charge < -0.3 is 21.1 Å². The quantitative estimate of drug-likeness (QED) is 0.582. The number of carbonyl (C=O) groups excluding carboxylic acids is 1. The molecule has 1 amide bonds. The highest BCUT2D eigenvalue weighted by Gasteiger charge is 2.17. The Balaban J connectivity index is 1.66. The Morgan fingerprint density at radius 2 is 2.30 bits per heavy atom. The second kappa shape index (κ2) is 5.45. The minimum Gasteiger partial charge on any atom is -0.482 e. The summed E-state index contributed by atoms with van der Waals surface area (Å²) in [6.07, 6.45) is 7.07. The van der Waals surface area contributed by atoms with Gasteiger partial charge in [-0.25, -0.2) is 0 Å². The smallest absolute Gasteiger partial charge is 0.262 e. The van der Waals surface area contributed by atoms with Crippen molar-refractivity contribution in [2.75, 3.05) is 29.5 Å². The lowest BCUT2D eigenvalue weighted by molar-refractivity contribution is -0.118. The number of rotatable bonds is 4. The fraction of sp³-hybridized carbons (Fsp3) is 0.400. The molecule has 20 heavy (non-hydrogen) atoms. The minimum atomic E-state index is -0.135. The maximum atomic E-state index is 11.3. The Bertz CT molecular complexity index is 566. The Hall–Kier alpha value is -2.17. The summed E-state index contributed by atoms with van der Waals surface area (Å²) < 4.78 is 5.33. The first kappa shape index (κ1) is 12.8. The lowest BCUT2D eigenvalue weighted by Gasteiger charge is -2.20. The summed E-state index contributed by atoms with van der Waals surface area (Å²) in [6, 6.07) is 3.59. The molecule has 5 heteroatoms. The zero-order valence-electron chi connectivity index (χ0n) is 11.4. The number of nitrogens with two attached hydrogens (primary N) is 1. The fourth-order valence-electron chi connectivity index (χ4n) is 2.62. The summed E-state index contributed by atoms with van der Waals surface area (Å²) in [6.45, 7) is 0.900. The van der Waals surface area contributed by atoms with Crippen LogP contribution in [0, 0.1) is 0 Å². The Labute approximate surface area is 118 Å². The predicted molar refractivity (Wildman–Crippen MR) is 80.0 cm³/mol. The van der Waals surface area contributed by atoms with Crippen LogP contribution in [0.5, 0.6) is 5.75 Å². The van der Waals surface area contributed by atoms with Crippen LogP contribution in [0.25, 0.3) is 0 Å². The van der Waals surface area contributed by atoms with Gasteiger partial charge in [-0.3, -0.25) is 4.79 Å². The number of ether oxygens (including phenoxy) is 1. The van der Waals surface area contributed by atoms with E-state index in [1.165, 1.54) is 24.8 Å². The summed E-state index contributed by atoms with van der Waals surface area (Å²) in [5.74, 6) is 0.496. The van der Waals surface area contributed by atoms with Gasteiger partial charge in [-0.2, -0.15) is 0 Å². The normalized spacial score (nSPS) is 17.0. The van der Waals surface area contributed by atoms with E-state index in [2.05, 4.69) is 16.7 Å². The van der Waals surface area contributed by atoms with Crippen molar-refractivity contribution in [1.82, 2.24) is 0 Å². The molecular formula is C15H19N3O2. The third kappa shape index (κ3) is 2.71. The first-order chi connectivity index (χ1) is 9.72. The zero-order valence-corrected chi connectivity index (χ0v) is 11.4. The molecule has 0 saturated heterocycles. The number of anilines is 3. The molecule has 0 spiro atoms. The van der Waals surface area contributed by atoms with Crippen LogP contribution < -0.4 is 21.1 Å². The maximum absolute atomic E-state index is 11.3. The van der Waals surface area contributed by atoms with Gasteiger partial charge in [0.15, 0.2) is 6.61 Å². The summed E-state index contributed by atoms with van der Waals surface area (Å²) in [5.41, 5.74) is 9.68. The highest BCUT2D eigenvalue weighted by atomic mass is 16.5. The van der Waals surface area contributed by atoms with Crippen molar-refractivity contribution in [1.29, 1.82) is 0 Å². The molecule has 0 saturated carbocycles. The first-order valence-electron chi connectivity index (χ1n) is 7.00. The zero-order chi connectivity index (χ0) is 13.9. The van der Waals surface area contributed by atoms with Crippen LogP contribution >= 0.6 is 0 Å². The Kier molecular flexibility index (Phi) is 3.50. The molecule has 0 radical (unpaired) electrons. The second-order valence-electron chi connectivity index (χ2n) is 5.20. The molecular weight excluding hydrogens is 254 g/mol. The van der Waals surface area contributed by atoms with Gasteiger partial charge in [0.1, 0.15) is 5.75 Å². The van der Waals surface area contributed by atoms with E-state index < -0.39 is 0 Å². The number of allylic oxidation sites excluding steroid dienone is 1. The van der Waals surface area contributed by atoms with Crippen molar-refractivity contribution in [3.8, 4) is 5.75 Å². The van der Waals surface area contributed by atoms with Crippen LogP contribution in [0.4, 0.5) is 17.1 Å². The van der Waals surface area contributed by atoms with E-state index in [1.54, 1.807) is 6.07 Å². The molecule has 3 rings (SSSR count). The van der Waals surface area contributed by atoms with Crippen molar-refractivity contribution in [3.05, 3.63) is 23.8 Å². The lowest BCUT2D eigenvalue weighted by atomic mass is 10.1. The van der Waals surface area contributed by atoms with Gasteiger partial charge in [0.05, 0.1) is 17.1 Å². The average Bonchev–Trinajstić information content (AvgIpc) is 2.93. The first-order valence-corrected chi connectivity index (χ1v) is 7.00. The molecule has 0 aromatic heterocycles. The molecule has 0 unspecified atom stereocenters. The van der Waals surface area contributed by atoms with E-state index in [0.29, 0.717) is 17.1 Å². The molecule has 0 atom stereocenters. The number of amides is 1. The van der Waals surface area contributed by atoms with Gasteiger partial charge in [-0.05, 0) is 31.7 Å². The van der Waals surface area contributed by atoms with Crippen molar-refractivity contribution in [3.63, 3.8) is 0 Å². The van der Waals surface area contributed by atoms with Gasteiger partial charge in [0.25, 0.3) is 5.91 Å². The van der Waals surface area contributed by atoms with Gasteiger partial charge in [-0.15, -0.1) is 0 Å². The number of fused-ring (bicyclic) bond motifs is 1. The van der Waals surface area contributed by atoms with E-state index in [0.717, 1.165) is 18.7 Å². The lowest BCUT2D eigenvalue weighted by Crippen LogP contribution is -2.25. The summed E-state index contributed by atoms with van der Waals surface area (Å²) in [5, 5.41) is 6.12. The molecule has 106 valence electrons. The van der Waals surface area contributed by atoms with Crippen LogP contribution in [-0.4, -0.2) is 19.1 Å². The van der Waals surface area contributed by atoms with Gasteiger partial charge in [0.2, 0.25) is 0 Å². The average molecular weight is 273 g/mol. The number of nitrogens with one attached hydrogen (secondary N) is 2. The van der Waals surface area contributed by atoms with Gasteiger partial charge >= 0.3 is 0 Å². The molecule has 1 aliphatic carbocycles. The van der Waals surface area contributed by atoms with E-state index in [9.17, 15) is 4.79 Å². The van der Waals surface area contributed by atoms with Crippen LogP contribution in [0.3, 0.4) is 0 Å².